The minimum absolute atomic E-state index is 0.0980. The zero-order valence-corrected chi connectivity index (χ0v) is 15.1. The van der Waals surface area contributed by atoms with Gasteiger partial charge in [-0.2, -0.15) is 0 Å². The van der Waals surface area contributed by atoms with Gasteiger partial charge in [0, 0.05) is 28.9 Å². The number of para-hydroxylation sites is 2. The predicted molar refractivity (Wildman–Crippen MR) is 106 cm³/mol. The summed E-state index contributed by atoms with van der Waals surface area (Å²) in [5.74, 6) is 0.641. The molecule has 0 fully saturated rings. The molecule has 2 heterocycles. The molecule has 0 radical (unpaired) electrons. The van der Waals surface area contributed by atoms with Gasteiger partial charge in [0.25, 0.3) is 5.91 Å². The molecule has 0 saturated heterocycles. The van der Waals surface area contributed by atoms with Gasteiger partial charge in [0.1, 0.15) is 11.5 Å². The van der Waals surface area contributed by atoms with Crippen LogP contribution in [0.15, 0.2) is 66.7 Å². The Balaban J connectivity index is 1.51. The molecule has 3 aromatic carbocycles. The Kier molecular flexibility index (Phi) is 3.86. The van der Waals surface area contributed by atoms with E-state index in [-0.39, 0.29) is 11.8 Å². The number of rotatable bonds is 2. The van der Waals surface area contributed by atoms with Gasteiger partial charge in [-0.25, -0.2) is 0 Å². The van der Waals surface area contributed by atoms with Crippen molar-refractivity contribution in [2.24, 2.45) is 0 Å². The first-order valence-corrected chi connectivity index (χ1v) is 9.28. The van der Waals surface area contributed by atoms with Crippen molar-refractivity contribution in [3.05, 3.63) is 89.0 Å². The van der Waals surface area contributed by atoms with Gasteiger partial charge >= 0.3 is 0 Å². The highest BCUT2D eigenvalue weighted by molar-refractivity contribution is 6.02. The van der Waals surface area contributed by atoms with E-state index in [1.807, 2.05) is 60.7 Å². The molecule has 0 saturated carbocycles. The lowest BCUT2D eigenvalue weighted by Crippen LogP contribution is -2.32. The average Bonchev–Trinajstić information content (AvgIpc) is 2.72. The molecule has 0 unspecified atom stereocenters. The van der Waals surface area contributed by atoms with Crippen LogP contribution in [0.1, 0.15) is 33.0 Å². The number of carbonyl (C=O) groups excluding carboxylic acids is 2. The summed E-state index contributed by atoms with van der Waals surface area (Å²) in [5, 5.41) is 5.83. The number of hydrogen-bond donors (Lipinski definition) is 2. The maximum Gasteiger partial charge on any atom is 0.251 e. The molecule has 2 amide bonds. The van der Waals surface area contributed by atoms with Crippen LogP contribution in [-0.4, -0.2) is 18.4 Å². The molecule has 3 aromatic rings. The van der Waals surface area contributed by atoms with Crippen LogP contribution >= 0.6 is 0 Å². The molecule has 5 rings (SSSR count). The van der Waals surface area contributed by atoms with E-state index in [1.54, 1.807) is 6.07 Å². The van der Waals surface area contributed by atoms with Crippen LogP contribution in [0, 0.1) is 0 Å². The van der Waals surface area contributed by atoms with Gasteiger partial charge in [-0.15, -0.1) is 0 Å². The van der Waals surface area contributed by atoms with Gasteiger partial charge in [0.15, 0.2) is 0 Å². The largest absolute Gasteiger partial charge is 0.457 e. The van der Waals surface area contributed by atoms with Crippen molar-refractivity contribution in [1.82, 2.24) is 5.32 Å². The molecule has 0 aromatic heterocycles. The Morgan fingerprint density at radius 3 is 2.36 bits per heavy atom. The molecular weight excluding hydrogens is 352 g/mol. The highest BCUT2D eigenvalue weighted by Gasteiger charge is 2.32. The van der Waals surface area contributed by atoms with Crippen LogP contribution in [0.25, 0.3) is 0 Å². The third-order valence-corrected chi connectivity index (χ3v) is 5.24. The Bertz CT molecular complexity index is 1060. The first-order chi connectivity index (χ1) is 13.7. The first-order valence-electron chi connectivity index (χ1n) is 9.28. The molecule has 5 nitrogen and oxygen atoms in total. The second kappa shape index (κ2) is 6.53. The summed E-state index contributed by atoms with van der Waals surface area (Å²) in [6.45, 7) is 0.646. The zero-order chi connectivity index (χ0) is 19.1. The van der Waals surface area contributed by atoms with Gasteiger partial charge in [0.05, 0.1) is 5.92 Å². The smallest absolute Gasteiger partial charge is 0.251 e. The van der Waals surface area contributed by atoms with E-state index < -0.39 is 5.92 Å². The van der Waals surface area contributed by atoms with Crippen molar-refractivity contribution < 1.29 is 14.3 Å². The number of carbonyl (C=O) groups is 2. The molecule has 28 heavy (non-hydrogen) atoms. The fourth-order valence-corrected chi connectivity index (χ4v) is 3.90. The van der Waals surface area contributed by atoms with E-state index in [1.165, 1.54) is 0 Å². The van der Waals surface area contributed by atoms with Crippen molar-refractivity contribution in [3.8, 4) is 11.5 Å². The van der Waals surface area contributed by atoms with Crippen LogP contribution in [0.5, 0.6) is 11.5 Å². The first kappa shape index (κ1) is 16.6. The third kappa shape index (κ3) is 2.72. The zero-order valence-electron chi connectivity index (χ0n) is 15.1. The highest BCUT2D eigenvalue weighted by atomic mass is 16.5. The van der Waals surface area contributed by atoms with E-state index in [2.05, 4.69) is 10.6 Å². The lowest BCUT2D eigenvalue weighted by Gasteiger charge is -2.27. The SMILES string of the molecule is O=C1NCCc2ccc(NC(=O)C3c4ccccc4Oc4ccccc43)cc21. The van der Waals surface area contributed by atoms with Crippen LogP contribution in [0.3, 0.4) is 0 Å². The summed E-state index contributed by atoms with van der Waals surface area (Å²) in [6.07, 6.45) is 0.802. The number of hydrogen-bond acceptors (Lipinski definition) is 3. The quantitative estimate of drug-likeness (QED) is 0.720. The number of fused-ring (bicyclic) bond motifs is 3. The van der Waals surface area contributed by atoms with Gasteiger partial charge in [-0.3, -0.25) is 9.59 Å². The maximum absolute atomic E-state index is 13.3. The summed E-state index contributed by atoms with van der Waals surface area (Å²) >= 11 is 0. The van der Waals surface area contributed by atoms with E-state index >= 15 is 0 Å². The second-order valence-corrected chi connectivity index (χ2v) is 6.98. The summed E-state index contributed by atoms with van der Waals surface area (Å²) in [4.78, 5) is 25.4. The number of amides is 2. The molecule has 2 aliphatic heterocycles. The lowest BCUT2D eigenvalue weighted by atomic mass is 9.87. The van der Waals surface area contributed by atoms with Gasteiger partial charge in [0.2, 0.25) is 5.91 Å². The average molecular weight is 370 g/mol. The topological polar surface area (TPSA) is 67.4 Å². The van der Waals surface area contributed by atoms with Crippen molar-refractivity contribution >= 4 is 17.5 Å². The van der Waals surface area contributed by atoms with Gasteiger partial charge in [-0.1, -0.05) is 42.5 Å². The van der Waals surface area contributed by atoms with Crippen molar-refractivity contribution in [2.75, 3.05) is 11.9 Å². The number of nitrogens with one attached hydrogen (secondary N) is 2. The lowest BCUT2D eigenvalue weighted by molar-refractivity contribution is -0.116. The minimum atomic E-state index is -0.481. The van der Waals surface area contributed by atoms with E-state index in [9.17, 15) is 9.59 Å². The summed E-state index contributed by atoms with van der Waals surface area (Å²) in [7, 11) is 0. The molecule has 2 N–H and O–H groups in total. The Labute approximate surface area is 162 Å². The maximum atomic E-state index is 13.3. The van der Waals surface area contributed by atoms with E-state index in [0.29, 0.717) is 29.3 Å². The van der Waals surface area contributed by atoms with E-state index in [4.69, 9.17) is 4.74 Å². The molecular formula is C23H18N2O3. The number of anilines is 1. The minimum Gasteiger partial charge on any atom is -0.457 e. The van der Waals surface area contributed by atoms with Crippen LogP contribution in [0.2, 0.25) is 0 Å². The second-order valence-electron chi connectivity index (χ2n) is 6.98. The monoisotopic (exact) mass is 370 g/mol. The number of benzene rings is 3. The Morgan fingerprint density at radius 1 is 0.964 bits per heavy atom. The normalized spacial score (nSPS) is 14.8. The van der Waals surface area contributed by atoms with Crippen LogP contribution < -0.4 is 15.4 Å². The standard InChI is InChI=1S/C23H18N2O3/c26-22-18-13-15(10-9-14(18)11-12-24-22)25-23(27)21-16-5-1-3-7-19(16)28-20-8-4-2-6-17(20)21/h1-10,13,21H,11-12H2,(H,24,26)(H,25,27). The van der Waals surface area contributed by atoms with Crippen molar-refractivity contribution in [1.29, 1.82) is 0 Å². The Morgan fingerprint density at radius 2 is 1.64 bits per heavy atom. The molecule has 2 aliphatic rings. The molecule has 138 valence electrons. The van der Waals surface area contributed by atoms with Gasteiger partial charge < -0.3 is 15.4 Å². The Hall–Kier alpha value is -3.60. The third-order valence-electron chi connectivity index (χ3n) is 5.24. The van der Waals surface area contributed by atoms with Crippen LogP contribution in [0.4, 0.5) is 5.69 Å². The molecule has 0 bridgehead atoms. The molecule has 0 atom stereocenters. The summed E-state index contributed by atoms with van der Waals surface area (Å²) < 4.78 is 5.96. The molecule has 5 heteroatoms. The van der Waals surface area contributed by atoms with Gasteiger partial charge in [-0.05, 0) is 36.2 Å². The number of ether oxygens (including phenoxy) is 1. The molecule has 0 aliphatic carbocycles. The van der Waals surface area contributed by atoms with Crippen molar-refractivity contribution in [3.63, 3.8) is 0 Å². The summed E-state index contributed by atoms with van der Waals surface area (Å²) in [5.41, 5.74) is 3.89. The fraction of sp³-hybridized carbons (Fsp3) is 0.130. The fourth-order valence-electron chi connectivity index (χ4n) is 3.90. The molecule has 0 spiro atoms. The predicted octanol–water partition coefficient (Wildman–Crippen LogP) is 3.85. The van der Waals surface area contributed by atoms with E-state index in [0.717, 1.165) is 23.1 Å². The summed E-state index contributed by atoms with van der Waals surface area (Å²) in [6, 6.07) is 20.7. The van der Waals surface area contributed by atoms with Crippen LogP contribution in [-0.2, 0) is 11.2 Å². The highest BCUT2D eigenvalue weighted by Crippen LogP contribution is 2.44. The van der Waals surface area contributed by atoms with Crippen molar-refractivity contribution in [2.45, 2.75) is 12.3 Å².